The summed E-state index contributed by atoms with van der Waals surface area (Å²) in [7, 11) is -4.15. The molecule has 1 atom stereocenters. The van der Waals surface area contributed by atoms with E-state index in [4.69, 9.17) is 11.6 Å². The normalized spacial score (nSPS) is 14.5. The first-order chi connectivity index (χ1) is 18.7. The Kier molecular flexibility index (Phi) is 9.30. The van der Waals surface area contributed by atoms with Crippen LogP contribution in [0.5, 0.6) is 0 Å². The van der Waals surface area contributed by atoms with Crippen molar-refractivity contribution in [2.45, 2.75) is 63.1 Å². The molecule has 0 aromatic heterocycles. The quantitative estimate of drug-likeness (QED) is 0.359. The van der Waals surface area contributed by atoms with Crippen LogP contribution in [0.2, 0.25) is 5.02 Å². The summed E-state index contributed by atoms with van der Waals surface area (Å²) in [5.74, 6) is -0.759. The lowest BCUT2D eigenvalue weighted by molar-refractivity contribution is -0.139. The van der Waals surface area contributed by atoms with Gasteiger partial charge in [-0.15, -0.1) is 0 Å². The largest absolute Gasteiger partial charge is 0.352 e. The SMILES string of the molecule is Cc1ccccc1CN(C(=O)CN(c1ccccc1Cl)S(=O)(=O)c1ccccc1)[C@@H](C)C(=O)NC1CCCC1. The van der Waals surface area contributed by atoms with Crippen LogP contribution in [-0.2, 0) is 26.2 Å². The Morgan fingerprint density at radius 3 is 2.23 bits per heavy atom. The molecule has 0 unspecified atom stereocenters. The highest BCUT2D eigenvalue weighted by Gasteiger charge is 2.34. The van der Waals surface area contributed by atoms with Gasteiger partial charge in [0.1, 0.15) is 12.6 Å². The third kappa shape index (κ3) is 6.81. The van der Waals surface area contributed by atoms with E-state index < -0.39 is 28.5 Å². The van der Waals surface area contributed by atoms with Gasteiger partial charge in [0.15, 0.2) is 0 Å². The number of hydrogen-bond donors (Lipinski definition) is 1. The Labute approximate surface area is 235 Å². The molecule has 0 heterocycles. The lowest BCUT2D eigenvalue weighted by Crippen LogP contribution is -2.52. The molecule has 0 radical (unpaired) electrons. The van der Waals surface area contributed by atoms with Crippen LogP contribution < -0.4 is 9.62 Å². The summed E-state index contributed by atoms with van der Waals surface area (Å²) < 4.78 is 28.6. The molecule has 2 amide bonds. The fourth-order valence-corrected chi connectivity index (χ4v) is 6.57. The molecule has 0 spiro atoms. The summed E-state index contributed by atoms with van der Waals surface area (Å²) in [6.07, 6.45) is 3.96. The molecular formula is C30H34ClN3O4S. The van der Waals surface area contributed by atoms with E-state index >= 15 is 0 Å². The Morgan fingerprint density at radius 1 is 0.949 bits per heavy atom. The van der Waals surface area contributed by atoms with Crippen LogP contribution in [0.1, 0.15) is 43.7 Å². The number of halogens is 1. The van der Waals surface area contributed by atoms with Crippen molar-refractivity contribution in [3.8, 4) is 0 Å². The first-order valence-electron chi connectivity index (χ1n) is 13.1. The number of sulfonamides is 1. The summed E-state index contributed by atoms with van der Waals surface area (Å²) in [4.78, 5) is 28.8. The molecule has 0 saturated heterocycles. The van der Waals surface area contributed by atoms with Crippen molar-refractivity contribution in [1.82, 2.24) is 10.2 Å². The topological polar surface area (TPSA) is 86.8 Å². The van der Waals surface area contributed by atoms with Crippen molar-refractivity contribution in [3.05, 3.63) is 95.0 Å². The van der Waals surface area contributed by atoms with Crippen LogP contribution in [0.15, 0.2) is 83.8 Å². The molecular weight excluding hydrogens is 534 g/mol. The minimum absolute atomic E-state index is 0.0372. The molecule has 39 heavy (non-hydrogen) atoms. The summed E-state index contributed by atoms with van der Waals surface area (Å²) in [5.41, 5.74) is 2.04. The number of para-hydroxylation sites is 1. The lowest BCUT2D eigenvalue weighted by atomic mass is 10.1. The Balaban J connectivity index is 1.69. The van der Waals surface area contributed by atoms with Crippen LogP contribution in [-0.4, -0.2) is 43.8 Å². The predicted octanol–water partition coefficient (Wildman–Crippen LogP) is 5.32. The van der Waals surface area contributed by atoms with Gasteiger partial charge in [0.2, 0.25) is 11.8 Å². The monoisotopic (exact) mass is 567 g/mol. The summed E-state index contributed by atoms with van der Waals surface area (Å²) in [6, 6.07) is 21.4. The minimum Gasteiger partial charge on any atom is -0.352 e. The second-order valence-corrected chi connectivity index (χ2v) is 12.2. The van der Waals surface area contributed by atoms with Gasteiger partial charge < -0.3 is 10.2 Å². The van der Waals surface area contributed by atoms with Crippen LogP contribution in [0, 0.1) is 6.92 Å². The molecule has 0 bridgehead atoms. The maximum atomic E-state index is 14.0. The second-order valence-electron chi connectivity index (χ2n) is 9.89. The van der Waals surface area contributed by atoms with Crippen LogP contribution in [0.25, 0.3) is 0 Å². The number of anilines is 1. The number of rotatable bonds is 10. The highest BCUT2D eigenvalue weighted by Crippen LogP contribution is 2.31. The predicted molar refractivity (Wildman–Crippen MR) is 154 cm³/mol. The first-order valence-corrected chi connectivity index (χ1v) is 15.0. The molecule has 9 heteroatoms. The molecule has 1 N–H and O–H groups in total. The summed E-state index contributed by atoms with van der Waals surface area (Å²) >= 11 is 6.44. The van der Waals surface area contributed by atoms with E-state index in [9.17, 15) is 18.0 Å². The fourth-order valence-electron chi connectivity index (χ4n) is 4.83. The molecule has 7 nitrogen and oxygen atoms in total. The molecule has 3 aromatic rings. The van der Waals surface area contributed by atoms with Crippen LogP contribution >= 0.6 is 11.6 Å². The average molecular weight is 568 g/mol. The average Bonchev–Trinajstić information content (AvgIpc) is 3.45. The number of carbonyl (C=O) groups excluding carboxylic acids is 2. The maximum Gasteiger partial charge on any atom is 0.264 e. The van der Waals surface area contributed by atoms with Gasteiger partial charge in [0, 0.05) is 12.6 Å². The third-order valence-corrected chi connectivity index (χ3v) is 9.30. The van der Waals surface area contributed by atoms with Crippen molar-refractivity contribution in [1.29, 1.82) is 0 Å². The lowest BCUT2D eigenvalue weighted by Gasteiger charge is -2.33. The van der Waals surface area contributed by atoms with Gasteiger partial charge in [-0.05, 0) is 62.1 Å². The van der Waals surface area contributed by atoms with Gasteiger partial charge in [-0.1, -0.05) is 79.0 Å². The van der Waals surface area contributed by atoms with E-state index in [1.165, 1.54) is 17.0 Å². The smallest absolute Gasteiger partial charge is 0.264 e. The van der Waals surface area contributed by atoms with Gasteiger partial charge in [-0.3, -0.25) is 13.9 Å². The van der Waals surface area contributed by atoms with Gasteiger partial charge in [-0.25, -0.2) is 8.42 Å². The van der Waals surface area contributed by atoms with E-state index in [1.807, 2.05) is 31.2 Å². The van der Waals surface area contributed by atoms with E-state index in [0.29, 0.717) is 0 Å². The second kappa shape index (κ2) is 12.7. The summed E-state index contributed by atoms with van der Waals surface area (Å²) in [6.45, 7) is 3.27. The highest BCUT2D eigenvalue weighted by atomic mass is 35.5. The van der Waals surface area contributed by atoms with Crippen molar-refractivity contribution >= 4 is 39.1 Å². The maximum absolute atomic E-state index is 14.0. The van der Waals surface area contributed by atoms with E-state index in [2.05, 4.69) is 5.32 Å². The highest BCUT2D eigenvalue weighted by molar-refractivity contribution is 7.92. The van der Waals surface area contributed by atoms with Gasteiger partial charge >= 0.3 is 0 Å². The minimum atomic E-state index is -4.15. The van der Waals surface area contributed by atoms with Gasteiger partial charge in [-0.2, -0.15) is 0 Å². The number of hydrogen-bond acceptors (Lipinski definition) is 4. The number of benzene rings is 3. The standard InChI is InChI=1S/C30H34ClN3O4S/c1-22-12-6-7-13-24(22)20-33(23(2)30(36)32-25-14-8-9-15-25)29(35)21-34(28-19-11-10-18-27(28)31)39(37,38)26-16-4-3-5-17-26/h3-7,10-13,16-19,23,25H,8-9,14-15,20-21H2,1-2H3,(H,32,36)/t23-/m0/s1. The molecule has 206 valence electrons. The van der Waals surface area contributed by atoms with E-state index in [0.717, 1.165) is 41.1 Å². The van der Waals surface area contributed by atoms with Crippen LogP contribution in [0.4, 0.5) is 5.69 Å². The molecule has 0 aliphatic heterocycles. The van der Waals surface area contributed by atoms with Gasteiger partial charge in [0.25, 0.3) is 10.0 Å². The Morgan fingerprint density at radius 2 is 1.56 bits per heavy atom. The molecule has 1 aliphatic rings. The van der Waals surface area contributed by atoms with E-state index in [1.54, 1.807) is 49.4 Å². The molecule has 3 aromatic carbocycles. The Hall–Kier alpha value is -3.36. The van der Waals surface area contributed by atoms with Gasteiger partial charge in [0.05, 0.1) is 15.6 Å². The first kappa shape index (κ1) is 28.6. The molecule has 1 saturated carbocycles. The van der Waals surface area contributed by atoms with Crippen molar-refractivity contribution < 1.29 is 18.0 Å². The number of carbonyl (C=O) groups is 2. The molecule has 1 fully saturated rings. The Bertz CT molecular complexity index is 1410. The van der Waals surface area contributed by atoms with Crippen molar-refractivity contribution in [3.63, 3.8) is 0 Å². The zero-order valence-electron chi connectivity index (χ0n) is 22.2. The zero-order valence-corrected chi connectivity index (χ0v) is 23.8. The fraction of sp³-hybridized carbons (Fsp3) is 0.333. The summed E-state index contributed by atoms with van der Waals surface area (Å²) in [5, 5.41) is 3.28. The van der Waals surface area contributed by atoms with E-state index in [-0.39, 0.29) is 34.1 Å². The van der Waals surface area contributed by atoms with Crippen molar-refractivity contribution in [2.24, 2.45) is 0 Å². The number of nitrogens with zero attached hydrogens (tertiary/aromatic N) is 2. The third-order valence-electron chi connectivity index (χ3n) is 7.20. The number of amides is 2. The number of nitrogens with one attached hydrogen (secondary N) is 1. The zero-order chi connectivity index (χ0) is 28.0. The van der Waals surface area contributed by atoms with Crippen molar-refractivity contribution in [2.75, 3.05) is 10.8 Å². The molecule has 4 rings (SSSR count). The number of aryl methyl sites for hydroxylation is 1. The van der Waals surface area contributed by atoms with Crippen LogP contribution in [0.3, 0.4) is 0 Å². The molecule has 1 aliphatic carbocycles.